The molecule has 2 aromatic rings. The van der Waals surface area contributed by atoms with E-state index in [1.54, 1.807) is 6.20 Å². The maximum atomic E-state index is 11.6. The Bertz CT molecular complexity index is 474. The van der Waals surface area contributed by atoms with Gasteiger partial charge in [-0.3, -0.25) is 4.79 Å². The van der Waals surface area contributed by atoms with Crippen LogP contribution in [0.15, 0.2) is 42.9 Å². The van der Waals surface area contributed by atoms with Crippen LogP contribution in [0.5, 0.6) is 0 Å². The predicted molar refractivity (Wildman–Crippen MR) is 66.7 cm³/mol. The van der Waals surface area contributed by atoms with Gasteiger partial charge in [0.2, 0.25) is 5.91 Å². The Hall–Kier alpha value is -2.10. The van der Waals surface area contributed by atoms with Crippen LogP contribution in [0.4, 0.5) is 5.82 Å². The first-order chi connectivity index (χ1) is 8.24. The highest BCUT2D eigenvalue weighted by Gasteiger charge is 2.02. The number of anilines is 1. The minimum atomic E-state index is -0.0185. The molecule has 4 nitrogen and oxygen atoms in total. The van der Waals surface area contributed by atoms with Crippen LogP contribution in [0.2, 0.25) is 0 Å². The number of aryl methyl sites for hydroxylation is 2. The number of carbonyl (C=O) groups is 1. The highest BCUT2D eigenvalue weighted by Crippen LogP contribution is 2.04. The molecule has 0 saturated heterocycles. The quantitative estimate of drug-likeness (QED) is 0.873. The highest BCUT2D eigenvalue weighted by atomic mass is 16.1. The normalized spacial score (nSPS) is 10.2. The molecule has 1 N–H and O–H groups in total. The number of nitrogens with zero attached hydrogens (tertiary/aromatic N) is 2. The smallest absolute Gasteiger partial charge is 0.227 e. The zero-order valence-electron chi connectivity index (χ0n) is 9.76. The molecule has 0 spiro atoms. The van der Waals surface area contributed by atoms with Crippen LogP contribution in [0, 0.1) is 6.92 Å². The fourth-order valence-corrected chi connectivity index (χ4v) is 1.50. The summed E-state index contributed by atoms with van der Waals surface area (Å²) in [6.45, 7) is 2.65. The standard InChI is InChI=1S/C13H15N3O/c1-11-4-5-12(14-10-11)15-13(17)6-9-16-7-2-3-8-16/h2-5,7-8,10H,6,9H2,1H3,(H,14,15,17). The maximum absolute atomic E-state index is 11.6. The van der Waals surface area contributed by atoms with E-state index in [-0.39, 0.29) is 5.91 Å². The number of aromatic nitrogens is 2. The van der Waals surface area contributed by atoms with Crippen molar-refractivity contribution in [1.82, 2.24) is 9.55 Å². The van der Waals surface area contributed by atoms with Crippen molar-refractivity contribution < 1.29 is 4.79 Å². The van der Waals surface area contributed by atoms with Gasteiger partial charge in [-0.1, -0.05) is 6.07 Å². The van der Waals surface area contributed by atoms with E-state index in [1.165, 1.54) is 0 Å². The summed E-state index contributed by atoms with van der Waals surface area (Å²) in [6, 6.07) is 7.62. The summed E-state index contributed by atoms with van der Waals surface area (Å²) in [5.74, 6) is 0.586. The fourth-order valence-electron chi connectivity index (χ4n) is 1.50. The van der Waals surface area contributed by atoms with Gasteiger partial charge in [-0.25, -0.2) is 4.98 Å². The van der Waals surface area contributed by atoms with Crippen LogP contribution in [0.25, 0.3) is 0 Å². The van der Waals surface area contributed by atoms with Gasteiger partial charge in [-0.15, -0.1) is 0 Å². The molecule has 0 fully saturated rings. The molecule has 2 rings (SSSR count). The van der Waals surface area contributed by atoms with E-state index in [0.29, 0.717) is 18.8 Å². The molecular weight excluding hydrogens is 214 g/mol. The van der Waals surface area contributed by atoms with E-state index in [9.17, 15) is 4.79 Å². The molecule has 2 aromatic heterocycles. The van der Waals surface area contributed by atoms with E-state index in [1.807, 2.05) is 48.1 Å². The Labute approximate surface area is 100 Å². The molecule has 1 amide bonds. The third-order valence-corrected chi connectivity index (χ3v) is 2.44. The fraction of sp³-hybridized carbons (Fsp3) is 0.231. The number of hydrogen-bond acceptors (Lipinski definition) is 2. The SMILES string of the molecule is Cc1ccc(NC(=O)CCn2cccc2)nc1. The average molecular weight is 229 g/mol. The van der Waals surface area contributed by atoms with Gasteiger partial charge in [0, 0.05) is 31.6 Å². The number of pyridine rings is 1. The molecule has 0 radical (unpaired) electrons. The van der Waals surface area contributed by atoms with Gasteiger partial charge >= 0.3 is 0 Å². The lowest BCUT2D eigenvalue weighted by atomic mass is 10.3. The van der Waals surface area contributed by atoms with Crippen molar-refractivity contribution in [3.05, 3.63) is 48.4 Å². The van der Waals surface area contributed by atoms with Gasteiger partial charge in [0.15, 0.2) is 0 Å². The second-order valence-electron chi connectivity index (χ2n) is 3.94. The van der Waals surface area contributed by atoms with Crippen LogP contribution in [0.1, 0.15) is 12.0 Å². The van der Waals surface area contributed by atoms with Crippen molar-refractivity contribution in [2.24, 2.45) is 0 Å². The van der Waals surface area contributed by atoms with Crippen LogP contribution < -0.4 is 5.32 Å². The summed E-state index contributed by atoms with van der Waals surface area (Å²) in [5, 5.41) is 2.77. The van der Waals surface area contributed by atoms with Crippen LogP contribution in [-0.2, 0) is 11.3 Å². The third-order valence-electron chi connectivity index (χ3n) is 2.44. The predicted octanol–water partition coefficient (Wildman–Crippen LogP) is 2.22. The zero-order chi connectivity index (χ0) is 12.1. The Morgan fingerprint density at radius 1 is 1.35 bits per heavy atom. The molecule has 4 heteroatoms. The molecule has 0 aliphatic heterocycles. The Kier molecular flexibility index (Phi) is 3.55. The average Bonchev–Trinajstić information content (AvgIpc) is 2.83. The second-order valence-corrected chi connectivity index (χ2v) is 3.94. The van der Waals surface area contributed by atoms with Gasteiger partial charge in [-0.05, 0) is 30.7 Å². The highest BCUT2D eigenvalue weighted by molar-refractivity contribution is 5.89. The molecule has 0 atom stereocenters. The monoisotopic (exact) mass is 229 g/mol. The summed E-state index contributed by atoms with van der Waals surface area (Å²) in [4.78, 5) is 15.8. The number of carbonyl (C=O) groups excluding carboxylic acids is 1. The molecular formula is C13H15N3O. The first kappa shape index (κ1) is 11.4. The lowest BCUT2D eigenvalue weighted by molar-refractivity contribution is -0.116. The Morgan fingerprint density at radius 2 is 2.12 bits per heavy atom. The van der Waals surface area contributed by atoms with Crippen molar-refractivity contribution in [3.8, 4) is 0 Å². The topological polar surface area (TPSA) is 46.9 Å². The molecule has 0 aromatic carbocycles. The first-order valence-corrected chi connectivity index (χ1v) is 5.57. The van der Waals surface area contributed by atoms with Crippen molar-refractivity contribution in [3.63, 3.8) is 0 Å². The minimum Gasteiger partial charge on any atom is -0.354 e. The molecule has 0 aliphatic rings. The number of rotatable bonds is 4. The Morgan fingerprint density at radius 3 is 2.76 bits per heavy atom. The van der Waals surface area contributed by atoms with E-state index in [4.69, 9.17) is 0 Å². The summed E-state index contributed by atoms with van der Waals surface area (Å²) in [6.07, 6.45) is 6.07. The molecule has 0 aliphatic carbocycles. The first-order valence-electron chi connectivity index (χ1n) is 5.57. The lowest BCUT2D eigenvalue weighted by Crippen LogP contribution is -2.14. The maximum Gasteiger partial charge on any atom is 0.227 e. The molecule has 0 saturated carbocycles. The summed E-state index contributed by atoms with van der Waals surface area (Å²) in [7, 11) is 0. The van der Waals surface area contributed by atoms with Crippen LogP contribution >= 0.6 is 0 Å². The zero-order valence-corrected chi connectivity index (χ0v) is 9.76. The van der Waals surface area contributed by atoms with E-state index >= 15 is 0 Å². The van der Waals surface area contributed by atoms with Crippen molar-refractivity contribution in [2.75, 3.05) is 5.32 Å². The minimum absolute atomic E-state index is 0.0185. The van der Waals surface area contributed by atoms with Gasteiger partial charge in [0.05, 0.1) is 0 Å². The van der Waals surface area contributed by atoms with E-state index in [0.717, 1.165) is 5.56 Å². The van der Waals surface area contributed by atoms with Crippen LogP contribution in [-0.4, -0.2) is 15.5 Å². The number of nitrogens with one attached hydrogen (secondary N) is 1. The van der Waals surface area contributed by atoms with Crippen molar-refractivity contribution >= 4 is 11.7 Å². The number of amides is 1. The van der Waals surface area contributed by atoms with E-state index in [2.05, 4.69) is 10.3 Å². The molecule has 0 bridgehead atoms. The van der Waals surface area contributed by atoms with Crippen molar-refractivity contribution in [1.29, 1.82) is 0 Å². The second kappa shape index (κ2) is 5.30. The Balaban J connectivity index is 1.83. The van der Waals surface area contributed by atoms with Crippen molar-refractivity contribution in [2.45, 2.75) is 19.9 Å². The third kappa shape index (κ3) is 3.45. The molecule has 88 valence electrons. The lowest BCUT2D eigenvalue weighted by Gasteiger charge is -2.05. The van der Waals surface area contributed by atoms with Crippen LogP contribution in [0.3, 0.4) is 0 Å². The summed E-state index contributed by atoms with van der Waals surface area (Å²) in [5.41, 5.74) is 1.08. The molecule has 0 unspecified atom stereocenters. The van der Waals surface area contributed by atoms with Gasteiger partial charge < -0.3 is 9.88 Å². The van der Waals surface area contributed by atoms with Gasteiger partial charge in [0.1, 0.15) is 5.82 Å². The van der Waals surface area contributed by atoms with E-state index < -0.39 is 0 Å². The largest absolute Gasteiger partial charge is 0.354 e. The summed E-state index contributed by atoms with van der Waals surface area (Å²) >= 11 is 0. The number of hydrogen-bond donors (Lipinski definition) is 1. The summed E-state index contributed by atoms with van der Waals surface area (Å²) < 4.78 is 1.97. The molecule has 2 heterocycles. The van der Waals surface area contributed by atoms with Gasteiger partial charge in [-0.2, -0.15) is 0 Å². The molecule has 17 heavy (non-hydrogen) atoms. The van der Waals surface area contributed by atoms with Gasteiger partial charge in [0.25, 0.3) is 0 Å².